The van der Waals surface area contributed by atoms with Crippen molar-refractivity contribution in [3.8, 4) is 28.7 Å². The number of aliphatic hydroxyl groups excluding tert-OH is 1. The van der Waals surface area contributed by atoms with Gasteiger partial charge in [0.15, 0.2) is 11.5 Å². The minimum atomic E-state index is -0.882. The summed E-state index contributed by atoms with van der Waals surface area (Å²) in [6.45, 7) is 4.20. The Morgan fingerprint density at radius 3 is 2.30 bits per heavy atom. The SMILES string of the molecule is CCCOc1ccc2c(c1)C(c1ccc(OC)cc1OCCO)C(CC(=O)O)C2c1ccc2c(c1)OCO2.NCCCN. The lowest BCUT2D eigenvalue weighted by atomic mass is 9.77. The lowest BCUT2D eigenvalue weighted by Crippen LogP contribution is -2.19. The minimum Gasteiger partial charge on any atom is -0.497 e. The topological polar surface area (TPSA) is 156 Å². The Morgan fingerprint density at radius 2 is 1.63 bits per heavy atom. The number of carboxylic acid groups (broad SMARTS) is 1. The molecule has 0 saturated heterocycles. The van der Waals surface area contributed by atoms with E-state index in [0.29, 0.717) is 29.6 Å². The molecule has 5 rings (SSSR count). The quantitative estimate of drug-likeness (QED) is 0.226. The van der Waals surface area contributed by atoms with Crippen LogP contribution in [-0.2, 0) is 4.79 Å². The summed E-state index contributed by atoms with van der Waals surface area (Å²) in [5.74, 6) is 1.51. The first-order chi connectivity index (χ1) is 20.9. The molecular weight excluding hydrogens is 552 g/mol. The summed E-state index contributed by atoms with van der Waals surface area (Å²) >= 11 is 0. The fourth-order valence-electron chi connectivity index (χ4n) is 5.73. The molecule has 1 aliphatic heterocycles. The summed E-state index contributed by atoms with van der Waals surface area (Å²) in [6.07, 6.45) is 1.76. The second-order valence-corrected chi connectivity index (χ2v) is 10.4. The van der Waals surface area contributed by atoms with Gasteiger partial charge in [0.05, 0.1) is 20.3 Å². The van der Waals surface area contributed by atoms with Crippen LogP contribution in [-0.4, -0.2) is 63.0 Å². The Labute approximate surface area is 252 Å². The summed E-state index contributed by atoms with van der Waals surface area (Å²) in [6, 6.07) is 17.4. The molecule has 3 unspecified atom stereocenters. The molecule has 6 N–H and O–H groups in total. The van der Waals surface area contributed by atoms with Crippen molar-refractivity contribution < 1.29 is 38.7 Å². The zero-order valence-corrected chi connectivity index (χ0v) is 24.8. The van der Waals surface area contributed by atoms with E-state index in [4.69, 9.17) is 35.2 Å². The van der Waals surface area contributed by atoms with E-state index in [1.54, 1.807) is 13.2 Å². The normalized spacial score (nSPS) is 17.9. The molecule has 0 spiro atoms. The summed E-state index contributed by atoms with van der Waals surface area (Å²) in [7, 11) is 1.58. The van der Waals surface area contributed by atoms with Gasteiger partial charge in [-0.1, -0.05) is 25.1 Å². The van der Waals surface area contributed by atoms with Crippen molar-refractivity contribution in [3.63, 3.8) is 0 Å². The van der Waals surface area contributed by atoms with E-state index < -0.39 is 5.97 Å². The van der Waals surface area contributed by atoms with E-state index in [-0.39, 0.29) is 44.2 Å². The van der Waals surface area contributed by atoms with Crippen LogP contribution in [0.5, 0.6) is 28.7 Å². The Hall–Kier alpha value is -3.99. The Kier molecular flexibility index (Phi) is 11.5. The molecule has 10 heteroatoms. The van der Waals surface area contributed by atoms with E-state index in [1.165, 1.54) is 0 Å². The molecule has 0 aromatic heterocycles. The van der Waals surface area contributed by atoms with E-state index >= 15 is 0 Å². The first-order valence-corrected chi connectivity index (χ1v) is 14.6. The molecule has 43 heavy (non-hydrogen) atoms. The number of methoxy groups -OCH3 is 1. The predicted molar refractivity (Wildman–Crippen MR) is 163 cm³/mol. The second kappa shape index (κ2) is 15.5. The second-order valence-electron chi connectivity index (χ2n) is 10.4. The lowest BCUT2D eigenvalue weighted by Gasteiger charge is -2.27. The van der Waals surface area contributed by atoms with Crippen molar-refractivity contribution in [1.82, 2.24) is 0 Å². The Balaban J connectivity index is 0.000000782. The summed E-state index contributed by atoms with van der Waals surface area (Å²) in [5.41, 5.74) is 13.9. The van der Waals surface area contributed by atoms with Gasteiger partial charge in [0.25, 0.3) is 0 Å². The van der Waals surface area contributed by atoms with Crippen molar-refractivity contribution in [1.29, 1.82) is 0 Å². The number of carboxylic acids is 1. The van der Waals surface area contributed by atoms with Gasteiger partial charge in [0, 0.05) is 29.9 Å². The van der Waals surface area contributed by atoms with Crippen LogP contribution in [0.15, 0.2) is 54.6 Å². The van der Waals surface area contributed by atoms with Crippen molar-refractivity contribution in [2.75, 3.05) is 46.8 Å². The van der Waals surface area contributed by atoms with Gasteiger partial charge < -0.3 is 45.4 Å². The average Bonchev–Trinajstić information content (AvgIpc) is 3.60. The van der Waals surface area contributed by atoms with Gasteiger partial charge in [-0.25, -0.2) is 0 Å². The van der Waals surface area contributed by atoms with Crippen LogP contribution in [0.4, 0.5) is 0 Å². The number of nitrogens with two attached hydrogens (primary N) is 2. The summed E-state index contributed by atoms with van der Waals surface area (Å²) < 4.78 is 28.5. The molecule has 0 saturated carbocycles. The molecule has 3 aromatic rings. The number of rotatable bonds is 13. The maximum absolute atomic E-state index is 12.3. The highest BCUT2D eigenvalue weighted by atomic mass is 16.7. The molecule has 0 bridgehead atoms. The Morgan fingerprint density at radius 1 is 0.884 bits per heavy atom. The molecule has 0 amide bonds. The third-order valence-corrected chi connectivity index (χ3v) is 7.54. The maximum Gasteiger partial charge on any atom is 0.303 e. The number of hydrogen-bond donors (Lipinski definition) is 4. The molecular formula is C33H42N2O8. The molecule has 3 atom stereocenters. The van der Waals surface area contributed by atoms with Crippen LogP contribution in [0.3, 0.4) is 0 Å². The standard InChI is InChI=1S/C30H32O8.C3H10N2/c1-3-11-35-20-6-7-21-23(14-20)30(22-8-5-19(34-2)15-26(22)36-12-10-31)24(16-28(32)33)29(21)18-4-9-25-27(13-18)38-17-37-25;4-2-1-3-5/h4-9,13-15,24,29-31H,3,10-12,16-17H2,1-2H3,(H,32,33);1-5H2. The molecule has 0 radical (unpaired) electrons. The third kappa shape index (κ3) is 7.51. The zero-order valence-electron chi connectivity index (χ0n) is 24.8. The number of hydrogen-bond acceptors (Lipinski definition) is 9. The molecule has 1 aliphatic carbocycles. The monoisotopic (exact) mass is 594 g/mol. The minimum absolute atomic E-state index is 0.0604. The lowest BCUT2D eigenvalue weighted by molar-refractivity contribution is -0.138. The highest BCUT2D eigenvalue weighted by Crippen LogP contribution is 2.57. The number of fused-ring (bicyclic) bond motifs is 2. The first-order valence-electron chi connectivity index (χ1n) is 14.6. The number of ether oxygens (including phenoxy) is 5. The molecule has 3 aromatic carbocycles. The average molecular weight is 595 g/mol. The largest absolute Gasteiger partial charge is 0.497 e. The fraction of sp³-hybridized carbons (Fsp3) is 0.424. The van der Waals surface area contributed by atoms with Crippen LogP contribution < -0.4 is 35.2 Å². The van der Waals surface area contributed by atoms with E-state index in [2.05, 4.69) is 6.92 Å². The molecule has 0 fully saturated rings. The fourth-order valence-corrected chi connectivity index (χ4v) is 5.73. The van der Waals surface area contributed by atoms with Crippen LogP contribution in [0.2, 0.25) is 0 Å². The van der Waals surface area contributed by atoms with E-state index in [0.717, 1.165) is 53.9 Å². The third-order valence-electron chi connectivity index (χ3n) is 7.54. The highest BCUT2D eigenvalue weighted by Gasteiger charge is 2.45. The van der Waals surface area contributed by atoms with E-state index in [1.807, 2.05) is 48.5 Å². The van der Waals surface area contributed by atoms with Crippen molar-refractivity contribution in [2.24, 2.45) is 17.4 Å². The number of carbonyl (C=O) groups is 1. The van der Waals surface area contributed by atoms with Gasteiger partial charge in [-0.05, 0) is 78.9 Å². The van der Waals surface area contributed by atoms with Gasteiger partial charge in [-0.3, -0.25) is 4.79 Å². The van der Waals surface area contributed by atoms with Gasteiger partial charge in [-0.15, -0.1) is 0 Å². The van der Waals surface area contributed by atoms with Crippen molar-refractivity contribution in [3.05, 3.63) is 76.9 Å². The van der Waals surface area contributed by atoms with Gasteiger partial charge >= 0.3 is 5.97 Å². The summed E-state index contributed by atoms with van der Waals surface area (Å²) in [4.78, 5) is 12.3. The summed E-state index contributed by atoms with van der Waals surface area (Å²) in [5, 5.41) is 19.5. The zero-order chi connectivity index (χ0) is 30.8. The number of benzene rings is 3. The van der Waals surface area contributed by atoms with Gasteiger partial charge in [0.2, 0.25) is 6.79 Å². The van der Waals surface area contributed by atoms with Crippen LogP contribution >= 0.6 is 0 Å². The Bertz CT molecular complexity index is 1360. The number of aliphatic hydroxyl groups is 1. The predicted octanol–water partition coefficient (Wildman–Crippen LogP) is 4.25. The van der Waals surface area contributed by atoms with Crippen molar-refractivity contribution >= 4 is 5.97 Å². The van der Waals surface area contributed by atoms with Crippen molar-refractivity contribution in [2.45, 2.75) is 38.0 Å². The highest BCUT2D eigenvalue weighted by molar-refractivity contribution is 5.69. The molecule has 232 valence electrons. The molecule has 10 nitrogen and oxygen atoms in total. The van der Waals surface area contributed by atoms with Crippen LogP contribution in [0.25, 0.3) is 0 Å². The van der Waals surface area contributed by atoms with E-state index in [9.17, 15) is 15.0 Å². The molecule has 2 aliphatic rings. The molecule has 1 heterocycles. The van der Waals surface area contributed by atoms with Crippen LogP contribution in [0, 0.1) is 5.92 Å². The smallest absolute Gasteiger partial charge is 0.303 e. The van der Waals surface area contributed by atoms with Gasteiger partial charge in [-0.2, -0.15) is 0 Å². The van der Waals surface area contributed by atoms with Crippen LogP contribution in [0.1, 0.15) is 60.3 Å². The number of aliphatic carboxylic acids is 1. The maximum atomic E-state index is 12.3. The van der Waals surface area contributed by atoms with Gasteiger partial charge in [0.1, 0.15) is 23.9 Å². The first kappa shape index (κ1) is 31.9.